The van der Waals surface area contributed by atoms with Crippen LogP contribution in [0.15, 0.2) is 78.9 Å². The third-order valence-corrected chi connectivity index (χ3v) is 4.37. The summed E-state index contributed by atoms with van der Waals surface area (Å²) in [5.41, 5.74) is 2.86. The van der Waals surface area contributed by atoms with E-state index in [1.165, 1.54) is 5.56 Å². The molecule has 0 spiro atoms. The molecule has 5 heteroatoms. The second-order valence-electron chi connectivity index (χ2n) is 6.37. The first kappa shape index (κ1) is 19.8. The third kappa shape index (κ3) is 6.63. The Morgan fingerprint density at radius 1 is 0.893 bits per heavy atom. The van der Waals surface area contributed by atoms with Crippen molar-refractivity contribution in [2.45, 2.75) is 12.8 Å². The number of rotatable bonds is 9. The van der Waals surface area contributed by atoms with Gasteiger partial charge in [0.05, 0.1) is 13.2 Å². The van der Waals surface area contributed by atoms with Crippen molar-refractivity contribution in [3.8, 4) is 5.75 Å². The van der Waals surface area contributed by atoms with Crippen molar-refractivity contribution in [1.29, 1.82) is 0 Å². The van der Waals surface area contributed by atoms with E-state index in [4.69, 9.17) is 16.3 Å². The summed E-state index contributed by atoms with van der Waals surface area (Å²) in [5, 5.41) is 6.48. The number of hydrogen-bond acceptors (Lipinski definition) is 3. The lowest BCUT2D eigenvalue weighted by molar-refractivity contribution is -0.114. The van der Waals surface area contributed by atoms with Gasteiger partial charge in [-0.25, -0.2) is 0 Å². The Morgan fingerprint density at radius 3 is 2.43 bits per heavy atom. The molecule has 0 unspecified atom stereocenters. The van der Waals surface area contributed by atoms with Crippen molar-refractivity contribution in [2.75, 3.05) is 23.8 Å². The molecule has 4 nitrogen and oxygen atoms in total. The second-order valence-corrected chi connectivity index (χ2v) is 6.81. The summed E-state index contributed by atoms with van der Waals surface area (Å²) in [6.45, 7) is 0.841. The Bertz CT molecular complexity index is 883. The van der Waals surface area contributed by atoms with Crippen molar-refractivity contribution in [2.24, 2.45) is 0 Å². The van der Waals surface area contributed by atoms with Crippen LogP contribution in [-0.2, 0) is 11.2 Å². The van der Waals surface area contributed by atoms with Gasteiger partial charge in [-0.15, -0.1) is 0 Å². The Balaban J connectivity index is 1.37. The van der Waals surface area contributed by atoms with Gasteiger partial charge in [-0.05, 0) is 60.9 Å². The summed E-state index contributed by atoms with van der Waals surface area (Å²) in [4.78, 5) is 12.0. The van der Waals surface area contributed by atoms with Crippen molar-refractivity contribution in [1.82, 2.24) is 0 Å². The number of benzene rings is 3. The normalized spacial score (nSPS) is 10.3. The molecule has 0 heterocycles. The number of nitrogens with one attached hydrogen (secondary N) is 2. The highest BCUT2D eigenvalue weighted by Crippen LogP contribution is 2.17. The van der Waals surface area contributed by atoms with Crippen LogP contribution in [0.1, 0.15) is 12.0 Å². The van der Waals surface area contributed by atoms with Gasteiger partial charge in [0.25, 0.3) is 0 Å². The average molecular weight is 395 g/mol. The minimum Gasteiger partial charge on any atom is -0.494 e. The fraction of sp³-hybridized carbons (Fsp3) is 0.174. The van der Waals surface area contributed by atoms with Gasteiger partial charge >= 0.3 is 0 Å². The summed E-state index contributed by atoms with van der Waals surface area (Å²) in [6, 6.07) is 25.1. The zero-order valence-corrected chi connectivity index (χ0v) is 16.3. The number of halogens is 1. The summed E-state index contributed by atoms with van der Waals surface area (Å²) in [7, 11) is 0. The molecule has 3 aromatic carbocycles. The molecule has 144 valence electrons. The van der Waals surface area contributed by atoms with E-state index in [1.807, 2.05) is 30.3 Å². The van der Waals surface area contributed by atoms with Crippen LogP contribution >= 0.6 is 11.6 Å². The van der Waals surface area contributed by atoms with Gasteiger partial charge in [-0.3, -0.25) is 4.79 Å². The molecule has 3 aromatic rings. The van der Waals surface area contributed by atoms with E-state index in [0.717, 1.165) is 24.3 Å². The summed E-state index contributed by atoms with van der Waals surface area (Å²) in [6.07, 6.45) is 1.97. The molecular weight excluding hydrogens is 372 g/mol. The van der Waals surface area contributed by atoms with E-state index < -0.39 is 0 Å². The molecule has 0 aliphatic rings. The lowest BCUT2D eigenvalue weighted by atomic mass is 10.1. The highest BCUT2D eigenvalue weighted by molar-refractivity contribution is 6.30. The predicted octanol–water partition coefficient (Wildman–Crippen LogP) is 5.40. The van der Waals surface area contributed by atoms with Crippen LogP contribution in [-0.4, -0.2) is 19.1 Å². The lowest BCUT2D eigenvalue weighted by Crippen LogP contribution is -2.21. The molecule has 0 aromatic heterocycles. The number of aryl methyl sites for hydroxylation is 1. The van der Waals surface area contributed by atoms with E-state index in [2.05, 4.69) is 34.9 Å². The Hall–Kier alpha value is -2.98. The van der Waals surface area contributed by atoms with Gasteiger partial charge in [-0.1, -0.05) is 48.0 Å². The Morgan fingerprint density at radius 2 is 1.68 bits per heavy atom. The first-order chi connectivity index (χ1) is 13.7. The number of anilines is 2. The van der Waals surface area contributed by atoms with Crippen molar-refractivity contribution in [3.05, 3.63) is 89.4 Å². The number of ether oxygens (including phenoxy) is 1. The zero-order valence-electron chi connectivity index (χ0n) is 15.5. The number of carbonyl (C=O) groups excluding carboxylic acids is 1. The molecule has 0 bridgehead atoms. The van der Waals surface area contributed by atoms with E-state index >= 15 is 0 Å². The van der Waals surface area contributed by atoms with E-state index in [9.17, 15) is 4.79 Å². The maximum absolute atomic E-state index is 12.0. The monoisotopic (exact) mass is 394 g/mol. The molecular formula is C23H23ClN2O2. The molecule has 0 fully saturated rings. The number of carbonyl (C=O) groups is 1. The van der Waals surface area contributed by atoms with Gasteiger partial charge in [-0.2, -0.15) is 0 Å². The maximum atomic E-state index is 12.0. The van der Waals surface area contributed by atoms with Crippen molar-refractivity contribution >= 4 is 28.9 Å². The van der Waals surface area contributed by atoms with Crippen molar-refractivity contribution in [3.63, 3.8) is 0 Å². The quantitative estimate of drug-likeness (QED) is 0.477. The van der Waals surface area contributed by atoms with Crippen LogP contribution in [0.4, 0.5) is 11.4 Å². The van der Waals surface area contributed by atoms with Gasteiger partial charge in [0, 0.05) is 16.4 Å². The zero-order chi connectivity index (χ0) is 19.6. The number of amides is 1. The smallest absolute Gasteiger partial charge is 0.243 e. The van der Waals surface area contributed by atoms with Crippen LogP contribution in [0, 0.1) is 0 Å². The molecule has 0 aliphatic heterocycles. The van der Waals surface area contributed by atoms with Gasteiger partial charge in [0.15, 0.2) is 0 Å². The molecule has 0 atom stereocenters. The standard InChI is InChI=1S/C23H23ClN2O2/c24-19-9-4-10-21(16-19)26-23(27)17-25-20-11-13-22(14-12-20)28-15-5-8-18-6-2-1-3-7-18/h1-4,6-7,9-14,16,25H,5,8,15,17H2,(H,26,27). The molecule has 1 amide bonds. The Kier molecular flexibility index (Phi) is 7.33. The van der Waals surface area contributed by atoms with Crippen LogP contribution in [0.3, 0.4) is 0 Å². The molecule has 0 radical (unpaired) electrons. The van der Waals surface area contributed by atoms with E-state index in [-0.39, 0.29) is 12.5 Å². The summed E-state index contributed by atoms with van der Waals surface area (Å²) >= 11 is 5.91. The van der Waals surface area contributed by atoms with Crippen LogP contribution in [0.2, 0.25) is 5.02 Å². The summed E-state index contributed by atoms with van der Waals surface area (Å²) < 4.78 is 5.78. The van der Waals surface area contributed by atoms with Crippen LogP contribution < -0.4 is 15.4 Å². The van der Waals surface area contributed by atoms with Crippen LogP contribution in [0.25, 0.3) is 0 Å². The molecule has 3 rings (SSSR count). The first-order valence-electron chi connectivity index (χ1n) is 9.25. The predicted molar refractivity (Wildman–Crippen MR) is 115 cm³/mol. The van der Waals surface area contributed by atoms with E-state index in [1.54, 1.807) is 24.3 Å². The first-order valence-corrected chi connectivity index (χ1v) is 9.63. The van der Waals surface area contributed by atoms with E-state index in [0.29, 0.717) is 17.3 Å². The highest BCUT2D eigenvalue weighted by atomic mass is 35.5. The molecule has 2 N–H and O–H groups in total. The topological polar surface area (TPSA) is 50.4 Å². The maximum Gasteiger partial charge on any atom is 0.243 e. The fourth-order valence-corrected chi connectivity index (χ4v) is 2.92. The molecule has 0 saturated carbocycles. The largest absolute Gasteiger partial charge is 0.494 e. The fourth-order valence-electron chi connectivity index (χ4n) is 2.73. The third-order valence-electron chi connectivity index (χ3n) is 4.14. The van der Waals surface area contributed by atoms with Crippen molar-refractivity contribution < 1.29 is 9.53 Å². The minimum atomic E-state index is -0.136. The van der Waals surface area contributed by atoms with Gasteiger partial charge < -0.3 is 15.4 Å². The lowest BCUT2D eigenvalue weighted by Gasteiger charge is -2.10. The number of hydrogen-bond donors (Lipinski definition) is 2. The average Bonchev–Trinajstić information content (AvgIpc) is 2.71. The Labute approximate surface area is 170 Å². The summed E-state index contributed by atoms with van der Waals surface area (Å²) in [5.74, 6) is 0.686. The van der Waals surface area contributed by atoms with Crippen LogP contribution in [0.5, 0.6) is 5.75 Å². The highest BCUT2D eigenvalue weighted by Gasteiger charge is 2.03. The molecule has 28 heavy (non-hydrogen) atoms. The molecule has 0 saturated heterocycles. The van der Waals surface area contributed by atoms with Gasteiger partial charge in [0.2, 0.25) is 5.91 Å². The minimum absolute atomic E-state index is 0.136. The molecule has 0 aliphatic carbocycles. The SMILES string of the molecule is O=C(CNc1ccc(OCCCc2ccccc2)cc1)Nc1cccc(Cl)c1. The van der Waals surface area contributed by atoms with Gasteiger partial charge in [0.1, 0.15) is 5.75 Å². The second kappa shape index (κ2) is 10.4.